The Morgan fingerprint density at radius 3 is 2.53 bits per heavy atom. The fourth-order valence-electron chi connectivity index (χ4n) is 2.90. The van der Waals surface area contributed by atoms with Gasteiger partial charge < -0.3 is 0 Å². The van der Waals surface area contributed by atoms with Crippen LogP contribution in [0.1, 0.15) is 59.8 Å². The third-order valence-electron chi connectivity index (χ3n) is 4.18. The Morgan fingerprint density at radius 2 is 1.94 bits per heavy atom. The number of thioether (sulfide) groups is 1. The van der Waals surface area contributed by atoms with Crippen molar-refractivity contribution in [2.45, 2.75) is 65.2 Å². The zero-order valence-corrected chi connectivity index (χ0v) is 13.5. The molecule has 0 bridgehead atoms. The van der Waals surface area contributed by atoms with Gasteiger partial charge in [-0.3, -0.25) is 0 Å². The van der Waals surface area contributed by atoms with Gasteiger partial charge in [-0.05, 0) is 60.9 Å². The molecular formula is C15H29ClS. The summed E-state index contributed by atoms with van der Waals surface area (Å²) in [6.07, 6.45) is 6.61. The maximum atomic E-state index is 6.50. The first-order chi connectivity index (χ1) is 7.95. The van der Waals surface area contributed by atoms with E-state index in [-0.39, 0.29) is 0 Å². The molecule has 0 nitrogen and oxygen atoms in total. The van der Waals surface area contributed by atoms with Crippen molar-refractivity contribution in [2.75, 3.05) is 11.5 Å². The zero-order chi connectivity index (χ0) is 12.9. The average Bonchev–Trinajstić information content (AvgIpc) is 2.25. The zero-order valence-electron chi connectivity index (χ0n) is 12.0. The fourth-order valence-corrected chi connectivity index (χ4v) is 3.92. The van der Waals surface area contributed by atoms with Gasteiger partial charge in [-0.15, -0.1) is 11.6 Å². The van der Waals surface area contributed by atoms with Crippen LogP contribution < -0.4 is 0 Å². The highest BCUT2D eigenvalue weighted by Crippen LogP contribution is 2.43. The molecular weight excluding hydrogens is 248 g/mol. The molecule has 0 radical (unpaired) electrons. The van der Waals surface area contributed by atoms with E-state index in [4.69, 9.17) is 11.6 Å². The summed E-state index contributed by atoms with van der Waals surface area (Å²) in [6.45, 7) is 9.40. The van der Waals surface area contributed by atoms with Gasteiger partial charge in [-0.1, -0.05) is 27.7 Å². The molecule has 1 rings (SSSR count). The molecule has 17 heavy (non-hydrogen) atoms. The van der Waals surface area contributed by atoms with Crippen molar-refractivity contribution < 1.29 is 0 Å². The predicted molar refractivity (Wildman–Crippen MR) is 82.2 cm³/mol. The monoisotopic (exact) mass is 276 g/mol. The Labute approximate surface area is 117 Å². The van der Waals surface area contributed by atoms with Crippen LogP contribution in [0.25, 0.3) is 0 Å². The van der Waals surface area contributed by atoms with Gasteiger partial charge in [0.2, 0.25) is 0 Å². The molecule has 0 heterocycles. The van der Waals surface area contributed by atoms with Crippen LogP contribution in [0, 0.1) is 17.3 Å². The molecule has 0 aromatic rings. The van der Waals surface area contributed by atoms with Gasteiger partial charge in [-0.2, -0.15) is 11.8 Å². The topological polar surface area (TPSA) is 0 Å². The van der Waals surface area contributed by atoms with E-state index in [1.54, 1.807) is 0 Å². The lowest BCUT2D eigenvalue weighted by atomic mass is 9.68. The molecule has 0 spiro atoms. The van der Waals surface area contributed by atoms with Gasteiger partial charge in [0, 0.05) is 5.38 Å². The second kappa shape index (κ2) is 7.28. The molecule has 0 N–H and O–H groups in total. The summed E-state index contributed by atoms with van der Waals surface area (Å²) in [5.41, 5.74) is 0.466. The maximum absolute atomic E-state index is 6.50. The van der Waals surface area contributed by atoms with Crippen LogP contribution in [0.4, 0.5) is 0 Å². The van der Waals surface area contributed by atoms with Gasteiger partial charge >= 0.3 is 0 Å². The lowest BCUT2D eigenvalue weighted by molar-refractivity contribution is 0.140. The maximum Gasteiger partial charge on any atom is 0.0364 e. The second-order valence-electron chi connectivity index (χ2n) is 6.49. The van der Waals surface area contributed by atoms with Crippen LogP contribution in [-0.4, -0.2) is 16.9 Å². The van der Waals surface area contributed by atoms with E-state index in [9.17, 15) is 0 Å². The van der Waals surface area contributed by atoms with Gasteiger partial charge in [-0.25, -0.2) is 0 Å². The minimum atomic E-state index is 0.445. The largest absolute Gasteiger partial charge is 0.162 e. The van der Waals surface area contributed by atoms with Gasteiger partial charge in [0.1, 0.15) is 0 Å². The molecule has 0 aromatic carbocycles. The number of rotatable bonds is 5. The summed E-state index contributed by atoms with van der Waals surface area (Å²) in [7, 11) is 0. The van der Waals surface area contributed by atoms with Crippen molar-refractivity contribution in [3.05, 3.63) is 0 Å². The highest BCUT2D eigenvalue weighted by atomic mass is 35.5. The molecule has 3 atom stereocenters. The molecule has 0 saturated heterocycles. The van der Waals surface area contributed by atoms with Crippen molar-refractivity contribution >= 4 is 23.4 Å². The lowest BCUT2D eigenvalue weighted by Gasteiger charge is -2.40. The molecule has 1 aliphatic carbocycles. The van der Waals surface area contributed by atoms with Crippen LogP contribution in [0.5, 0.6) is 0 Å². The van der Waals surface area contributed by atoms with Crippen LogP contribution in [-0.2, 0) is 0 Å². The molecule has 0 aliphatic heterocycles. The van der Waals surface area contributed by atoms with E-state index in [2.05, 4.69) is 39.5 Å². The third-order valence-corrected chi connectivity index (χ3v) is 5.74. The summed E-state index contributed by atoms with van der Waals surface area (Å²) in [5.74, 6) is 4.21. The van der Waals surface area contributed by atoms with Crippen LogP contribution in [0.2, 0.25) is 0 Å². The van der Waals surface area contributed by atoms with Gasteiger partial charge in [0.05, 0.1) is 0 Å². The Balaban J connectivity index is 2.36. The lowest BCUT2D eigenvalue weighted by Crippen LogP contribution is -2.32. The molecule has 3 unspecified atom stereocenters. The second-order valence-corrected chi connectivity index (χ2v) is 8.45. The highest BCUT2D eigenvalue weighted by Gasteiger charge is 2.34. The summed E-state index contributed by atoms with van der Waals surface area (Å²) < 4.78 is 0. The van der Waals surface area contributed by atoms with Crippen molar-refractivity contribution in [1.82, 2.24) is 0 Å². The SMILES string of the molecule is CCSCCCC1CC(C(C)(C)C)CCC1Cl. The van der Waals surface area contributed by atoms with Crippen LogP contribution >= 0.6 is 23.4 Å². The van der Waals surface area contributed by atoms with Gasteiger partial charge in [0.25, 0.3) is 0 Å². The van der Waals surface area contributed by atoms with E-state index in [1.807, 2.05) is 0 Å². The van der Waals surface area contributed by atoms with E-state index in [1.165, 1.54) is 43.6 Å². The smallest absolute Gasteiger partial charge is 0.0364 e. The summed E-state index contributed by atoms with van der Waals surface area (Å²) >= 11 is 8.57. The molecule has 0 amide bonds. The third kappa shape index (κ3) is 5.42. The van der Waals surface area contributed by atoms with Crippen molar-refractivity contribution in [3.63, 3.8) is 0 Å². The normalized spacial score (nSPS) is 30.5. The fraction of sp³-hybridized carbons (Fsp3) is 1.00. The van der Waals surface area contributed by atoms with E-state index in [0.717, 1.165) is 11.8 Å². The number of hydrogen-bond donors (Lipinski definition) is 0. The van der Waals surface area contributed by atoms with Crippen molar-refractivity contribution in [1.29, 1.82) is 0 Å². The standard InChI is InChI=1S/C15H29ClS/c1-5-17-10-6-7-12-11-13(15(2,3)4)8-9-14(12)16/h12-14H,5-11H2,1-4H3. The molecule has 1 saturated carbocycles. The van der Waals surface area contributed by atoms with Crippen molar-refractivity contribution in [3.8, 4) is 0 Å². The molecule has 102 valence electrons. The molecule has 0 aromatic heterocycles. The van der Waals surface area contributed by atoms with Crippen molar-refractivity contribution in [2.24, 2.45) is 17.3 Å². The quantitative estimate of drug-likeness (QED) is 0.466. The molecule has 1 aliphatic rings. The van der Waals surface area contributed by atoms with Crippen LogP contribution in [0.15, 0.2) is 0 Å². The molecule has 1 fully saturated rings. The Morgan fingerprint density at radius 1 is 1.24 bits per heavy atom. The average molecular weight is 277 g/mol. The first-order valence-electron chi connectivity index (χ1n) is 7.17. The Kier molecular flexibility index (Phi) is 6.72. The van der Waals surface area contributed by atoms with Gasteiger partial charge in [0.15, 0.2) is 0 Å². The van der Waals surface area contributed by atoms with E-state index >= 15 is 0 Å². The van der Waals surface area contributed by atoms with E-state index < -0.39 is 0 Å². The number of alkyl halides is 1. The minimum absolute atomic E-state index is 0.445. The summed E-state index contributed by atoms with van der Waals surface area (Å²) in [6, 6.07) is 0. The predicted octanol–water partition coefficient (Wildman–Crippen LogP) is 5.59. The minimum Gasteiger partial charge on any atom is -0.162 e. The molecule has 2 heteroatoms. The first kappa shape index (κ1) is 15.7. The van der Waals surface area contributed by atoms with Crippen LogP contribution in [0.3, 0.4) is 0 Å². The highest BCUT2D eigenvalue weighted by molar-refractivity contribution is 7.99. The number of hydrogen-bond acceptors (Lipinski definition) is 1. The summed E-state index contributed by atoms with van der Waals surface area (Å²) in [4.78, 5) is 0. The Bertz CT molecular complexity index is 209. The number of halogens is 1. The van der Waals surface area contributed by atoms with E-state index in [0.29, 0.717) is 10.8 Å². The summed E-state index contributed by atoms with van der Waals surface area (Å²) in [5, 5.41) is 0.445. The Hall–Kier alpha value is 0.640. The first-order valence-corrected chi connectivity index (χ1v) is 8.76.